The van der Waals surface area contributed by atoms with Gasteiger partial charge in [-0.05, 0) is 44.4 Å². The van der Waals surface area contributed by atoms with Crippen LogP contribution in [0.5, 0.6) is 0 Å². The van der Waals surface area contributed by atoms with Crippen molar-refractivity contribution in [2.24, 2.45) is 0 Å². The number of rotatable bonds is 8. The zero-order valence-corrected chi connectivity index (χ0v) is 14.1. The number of nitrogens with one attached hydrogen (secondary N) is 2. The lowest BCUT2D eigenvalue weighted by Gasteiger charge is -2.19. The fraction of sp³-hybridized carbons (Fsp3) is 0.500. The predicted octanol–water partition coefficient (Wildman–Crippen LogP) is 1.61. The first-order chi connectivity index (χ1) is 9.86. The third-order valence-corrected chi connectivity index (χ3v) is 4.84. The molecule has 0 bridgehead atoms. The summed E-state index contributed by atoms with van der Waals surface area (Å²) in [5.41, 5.74) is 0. The van der Waals surface area contributed by atoms with Gasteiger partial charge in [-0.1, -0.05) is 18.2 Å². The molecule has 1 rings (SSSR count). The Morgan fingerprint density at radius 2 is 1.86 bits per heavy atom. The van der Waals surface area contributed by atoms with E-state index in [2.05, 4.69) is 10.0 Å². The minimum absolute atomic E-state index is 0.0319. The van der Waals surface area contributed by atoms with Crippen LogP contribution in [0.25, 0.3) is 0 Å². The maximum absolute atomic E-state index is 12.3. The lowest BCUT2D eigenvalue weighted by atomic mass is 10.2. The molecule has 0 fully saturated rings. The molecule has 1 atom stereocenters. The van der Waals surface area contributed by atoms with Crippen LogP contribution in [-0.2, 0) is 14.8 Å². The fourth-order valence-electron chi connectivity index (χ4n) is 1.72. The molecule has 1 aromatic rings. The van der Waals surface area contributed by atoms with Gasteiger partial charge in [-0.15, -0.1) is 0 Å². The van der Waals surface area contributed by atoms with E-state index < -0.39 is 16.1 Å². The number of benzene rings is 1. The maximum atomic E-state index is 12.3. The molecular formula is C14H22N2O3S2. The molecular weight excluding hydrogens is 308 g/mol. The third kappa shape index (κ3) is 6.07. The van der Waals surface area contributed by atoms with E-state index in [0.29, 0.717) is 12.2 Å². The van der Waals surface area contributed by atoms with Gasteiger partial charge in [0, 0.05) is 6.04 Å². The second kappa shape index (κ2) is 8.41. The van der Waals surface area contributed by atoms with Crippen molar-refractivity contribution < 1.29 is 13.2 Å². The highest BCUT2D eigenvalue weighted by Crippen LogP contribution is 2.10. The summed E-state index contributed by atoms with van der Waals surface area (Å²) in [6, 6.07) is 7.28. The van der Waals surface area contributed by atoms with Crippen LogP contribution in [0.1, 0.15) is 20.3 Å². The van der Waals surface area contributed by atoms with Crippen molar-refractivity contribution in [2.45, 2.75) is 37.2 Å². The highest BCUT2D eigenvalue weighted by Gasteiger charge is 2.25. The van der Waals surface area contributed by atoms with Crippen molar-refractivity contribution in [1.29, 1.82) is 0 Å². The summed E-state index contributed by atoms with van der Waals surface area (Å²) in [5, 5.41) is 2.75. The van der Waals surface area contributed by atoms with Gasteiger partial charge in [-0.3, -0.25) is 4.79 Å². The van der Waals surface area contributed by atoms with Crippen LogP contribution in [0.15, 0.2) is 35.2 Å². The molecule has 2 N–H and O–H groups in total. The first-order valence-electron chi connectivity index (χ1n) is 6.73. The van der Waals surface area contributed by atoms with Crippen LogP contribution in [0.3, 0.4) is 0 Å². The predicted molar refractivity (Wildman–Crippen MR) is 86.8 cm³/mol. The van der Waals surface area contributed by atoms with Gasteiger partial charge >= 0.3 is 0 Å². The lowest BCUT2D eigenvalue weighted by Crippen LogP contribution is -2.48. The van der Waals surface area contributed by atoms with Crippen molar-refractivity contribution in [3.8, 4) is 0 Å². The lowest BCUT2D eigenvalue weighted by molar-refractivity contribution is -0.123. The van der Waals surface area contributed by atoms with Crippen molar-refractivity contribution in [3.63, 3.8) is 0 Å². The standard InChI is InChI=1S/C14H22N2O3S2/c1-11(2)15-14(17)13(9-10-20-3)16-21(18,19)12-7-5-4-6-8-12/h4-8,11,13,16H,9-10H2,1-3H3,(H,15,17). The Hall–Kier alpha value is -1.05. The number of thioether (sulfide) groups is 1. The molecule has 5 nitrogen and oxygen atoms in total. The second-order valence-corrected chi connectivity index (χ2v) is 7.63. The van der Waals surface area contributed by atoms with Gasteiger partial charge in [0.05, 0.1) is 4.90 Å². The number of hydrogen-bond donors (Lipinski definition) is 2. The summed E-state index contributed by atoms with van der Waals surface area (Å²) in [6.07, 6.45) is 2.37. The Kier molecular flexibility index (Phi) is 7.21. The molecule has 1 unspecified atom stereocenters. The van der Waals surface area contributed by atoms with E-state index in [9.17, 15) is 13.2 Å². The molecule has 0 aliphatic carbocycles. The fourth-order valence-corrected chi connectivity index (χ4v) is 3.44. The first kappa shape index (κ1) is 18.0. The van der Waals surface area contributed by atoms with Crippen LogP contribution in [0, 0.1) is 0 Å². The molecule has 1 amide bonds. The Morgan fingerprint density at radius 3 is 2.38 bits per heavy atom. The molecule has 0 aliphatic heterocycles. The van der Waals surface area contributed by atoms with E-state index in [4.69, 9.17) is 0 Å². The Bertz CT molecular complexity index is 545. The second-order valence-electron chi connectivity index (χ2n) is 4.93. The average Bonchev–Trinajstić information content (AvgIpc) is 2.43. The van der Waals surface area contributed by atoms with Gasteiger partial charge in [-0.2, -0.15) is 16.5 Å². The summed E-state index contributed by atoms with van der Waals surface area (Å²) in [4.78, 5) is 12.3. The SMILES string of the molecule is CSCCC(NS(=O)(=O)c1ccccc1)C(=O)NC(C)C. The van der Waals surface area contributed by atoms with Crippen molar-refractivity contribution in [3.05, 3.63) is 30.3 Å². The highest BCUT2D eigenvalue weighted by atomic mass is 32.2. The monoisotopic (exact) mass is 330 g/mol. The van der Waals surface area contributed by atoms with Crippen LogP contribution < -0.4 is 10.0 Å². The van der Waals surface area contributed by atoms with Gasteiger partial charge in [0.1, 0.15) is 6.04 Å². The molecule has 118 valence electrons. The molecule has 0 radical (unpaired) electrons. The molecule has 0 heterocycles. The highest BCUT2D eigenvalue weighted by molar-refractivity contribution is 7.98. The normalized spacial score (nSPS) is 13.1. The Morgan fingerprint density at radius 1 is 1.24 bits per heavy atom. The van der Waals surface area contributed by atoms with E-state index in [1.165, 1.54) is 12.1 Å². The number of carbonyl (C=O) groups excluding carboxylic acids is 1. The zero-order chi connectivity index (χ0) is 15.9. The summed E-state index contributed by atoms with van der Waals surface area (Å²) < 4.78 is 27.1. The van der Waals surface area contributed by atoms with E-state index in [1.807, 2.05) is 20.1 Å². The van der Waals surface area contributed by atoms with Crippen molar-refractivity contribution in [2.75, 3.05) is 12.0 Å². The summed E-state index contributed by atoms with van der Waals surface area (Å²) in [7, 11) is -3.69. The number of sulfonamides is 1. The van der Waals surface area contributed by atoms with Crippen LogP contribution >= 0.6 is 11.8 Å². The molecule has 1 aromatic carbocycles. The summed E-state index contributed by atoms with van der Waals surface area (Å²) >= 11 is 1.57. The van der Waals surface area contributed by atoms with Crippen molar-refractivity contribution >= 4 is 27.7 Å². The summed E-state index contributed by atoms with van der Waals surface area (Å²) in [5.74, 6) is 0.409. The summed E-state index contributed by atoms with van der Waals surface area (Å²) in [6.45, 7) is 3.68. The molecule has 0 saturated carbocycles. The van der Waals surface area contributed by atoms with Crippen LogP contribution in [0.4, 0.5) is 0 Å². The van der Waals surface area contributed by atoms with Gasteiger partial charge in [-0.25, -0.2) is 8.42 Å². The largest absolute Gasteiger partial charge is 0.353 e. The molecule has 0 spiro atoms. The number of hydrogen-bond acceptors (Lipinski definition) is 4. The average molecular weight is 330 g/mol. The molecule has 21 heavy (non-hydrogen) atoms. The quantitative estimate of drug-likeness (QED) is 0.759. The Balaban J connectivity index is 2.87. The number of amides is 1. The van der Waals surface area contributed by atoms with E-state index in [1.54, 1.807) is 30.0 Å². The smallest absolute Gasteiger partial charge is 0.241 e. The topological polar surface area (TPSA) is 75.3 Å². The molecule has 0 aromatic heterocycles. The maximum Gasteiger partial charge on any atom is 0.241 e. The van der Waals surface area contributed by atoms with Crippen LogP contribution in [-0.4, -0.2) is 38.4 Å². The van der Waals surface area contributed by atoms with Crippen molar-refractivity contribution in [1.82, 2.24) is 10.0 Å². The van der Waals surface area contributed by atoms with Crippen LogP contribution in [0.2, 0.25) is 0 Å². The minimum atomic E-state index is -3.69. The molecule has 0 saturated heterocycles. The minimum Gasteiger partial charge on any atom is -0.353 e. The molecule has 7 heteroatoms. The van der Waals surface area contributed by atoms with E-state index in [0.717, 1.165) is 0 Å². The van der Waals surface area contributed by atoms with Gasteiger partial charge in [0.2, 0.25) is 15.9 Å². The first-order valence-corrected chi connectivity index (χ1v) is 9.61. The van der Waals surface area contributed by atoms with E-state index >= 15 is 0 Å². The zero-order valence-electron chi connectivity index (χ0n) is 12.5. The number of carbonyl (C=O) groups is 1. The molecule has 0 aliphatic rings. The van der Waals surface area contributed by atoms with Gasteiger partial charge in [0.15, 0.2) is 0 Å². The third-order valence-electron chi connectivity index (χ3n) is 2.71. The van der Waals surface area contributed by atoms with E-state index in [-0.39, 0.29) is 16.8 Å². The Labute approximate surface area is 130 Å². The van der Waals surface area contributed by atoms with Gasteiger partial charge in [0.25, 0.3) is 0 Å². The van der Waals surface area contributed by atoms with Gasteiger partial charge < -0.3 is 5.32 Å².